The molecular formula is C31H25N9O5. The van der Waals surface area contributed by atoms with E-state index in [1.54, 1.807) is 24.4 Å². The van der Waals surface area contributed by atoms with Crippen LogP contribution >= 0.6 is 0 Å². The summed E-state index contributed by atoms with van der Waals surface area (Å²) < 4.78 is 1.33. The molecule has 3 heterocycles. The van der Waals surface area contributed by atoms with Crippen LogP contribution in [-0.2, 0) is 17.8 Å². The molecule has 1 atom stereocenters. The molecule has 5 aromatic rings. The van der Waals surface area contributed by atoms with Gasteiger partial charge in [-0.3, -0.25) is 19.2 Å². The zero-order valence-corrected chi connectivity index (χ0v) is 23.9. The third-order valence-electron chi connectivity index (χ3n) is 8.11. The molecule has 0 bridgehead atoms. The van der Waals surface area contributed by atoms with Crippen molar-refractivity contribution in [2.24, 2.45) is 4.99 Å². The molecule has 14 nitrogen and oxygen atoms in total. The lowest BCUT2D eigenvalue weighted by atomic mass is 9.97. The average Bonchev–Trinajstić information content (AvgIpc) is 3.79. The first-order valence-electron chi connectivity index (χ1n) is 14.0. The molecule has 0 saturated carbocycles. The lowest BCUT2D eigenvalue weighted by Crippen LogP contribution is -2.38. The standard InChI is InChI=1S/C31H25N9O5/c1-14-18-7-8-21(20(18)6-5-19(14)29-37-15(2)45-39-29)38-31(44)23-10-22(34-13-35-23)30(43)33-11-16-3-4-17-12-36-40(24(17)9-16)26-25(32)27(41)28(26)42/h3-6,9-10,12-13,21H,2,7-8,11,32H2,1H3,(H,33,43)(H,37,39)(H,38,44)/t21-/m0/s1. The number of amides is 2. The van der Waals surface area contributed by atoms with Gasteiger partial charge in [0.15, 0.2) is 5.84 Å². The van der Waals surface area contributed by atoms with Crippen LogP contribution in [0, 0.1) is 6.92 Å². The predicted octanol–water partition coefficient (Wildman–Crippen LogP) is 1.40. The van der Waals surface area contributed by atoms with Gasteiger partial charge in [-0.2, -0.15) is 10.1 Å². The maximum atomic E-state index is 13.2. The molecule has 5 N–H and O–H groups in total. The van der Waals surface area contributed by atoms with Gasteiger partial charge in [0.05, 0.1) is 17.8 Å². The van der Waals surface area contributed by atoms with E-state index in [1.165, 1.54) is 17.1 Å². The quantitative estimate of drug-likeness (QED) is 0.197. The van der Waals surface area contributed by atoms with E-state index in [1.807, 2.05) is 19.1 Å². The lowest BCUT2D eigenvalue weighted by Gasteiger charge is -2.16. The van der Waals surface area contributed by atoms with Gasteiger partial charge in [-0.15, -0.1) is 0 Å². The fraction of sp³-hybridized carbons (Fsp3) is 0.161. The molecule has 0 fully saturated rings. The van der Waals surface area contributed by atoms with Gasteiger partial charge in [0, 0.05) is 23.6 Å². The van der Waals surface area contributed by atoms with E-state index in [9.17, 15) is 19.2 Å². The topological polar surface area (TPSA) is 196 Å². The molecule has 0 unspecified atom stereocenters. The molecule has 45 heavy (non-hydrogen) atoms. The highest BCUT2D eigenvalue weighted by atomic mass is 16.7. The number of nitrogens with one attached hydrogen (secondary N) is 3. The Bertz CT molecular complexity index is 2190. The number of hydrogen-bond donors (Lipinski definition) is 4. The van der Waals surface area contributed by atoms with Gasteiger partial charge < -0.3 is 21.2 Å². The summed E-state index contributed by atoms with van der Waals surface area (Å²) in [6.07, 6.45) is 4.22. The van der Waals surface area contributed by atoms with Crippen LogP contribution in [0.15, 0.2) is 76.0 Å². The van der Waals surface area contributed by atoms with E-state index in [2.05, 4.69) is 42.8 Å². The normalized spacial score (nSPS) is 15.4. The molecule has 14 heteroatoms. The van der Waals surface area contributed by atoms with E-state index in [4.69, 9.17) is 10.6 Å². The van der Waals surface area contributed by atoms with Gasteiger partial charge in [0.25, 0.3) is 22.7 Å². The van der Waals surface area contributed by atoms with Gasteiger partial charge in [0.1, 0.15) is 29.1 Å². The number of nitrogen functional groups attached to an aromatic ring is 1. The highest BCUT2D eigenvalue weighted by Gasteiger charge is 2.29. The second-order valence-electron chi connectivity index (χ2n) is 10.8. The van der Waals surface area contributed by atoms with Gasteiger partial charge >= 0.3 is 0 Å². The maximum Gasteiger partial charge on any atom is 0.270 e. The van der Waals surface area contributed by atoms with E-state index >= 15 is 0 Å². The van der Waals surface area contributed by atoms with Gasteiger partial charge in [-0.05, 0) is 54.7 Å². The number of rotatable bonds is 7. The summed E-state index contributed by atoms with van der Waals surface area (Å²) in [5.74, 6) is -0.0354. The second kappa shape index (κ2) is 10.5. The molecule has 2 amide bonds. The van der Waals surface area contributed by atoms with Crippen molar-refractivity contribution in [3.05, 3.63) is 121 Å². The monoisotopic (exact) mass is 603 g/mol. The highest BCUT2D eigenvalue weighted by Crippen LogP contribution is 2.35. The summed E-state index contributed by atoms with van der Waals surface area (Å²) in [6, 6.07) is 10.4. The summed E-state index contributed by atoms with van der Waals surface area (Å²) >= 11 is 0. The largest absolute Gasteiger partial charge is 0.394 e. The van der Waals surface area contributed by atoms with E-state index in [0.717, 1.165) is 34.1 Å². The maximum absolute atomic E-state index is 13.2. The van der Waals surface area contributed by atoms with Gasteiger partial charge in [-0.1, -0.05) is 24.3 Å². The number of hydroxylamine groups is 1. The van der Waals surface area contributed by atoms with Crippen molar-refractivity contribution in [1.82, 2.24) is 35.9 Å². The number of aromatic nitrogens is 4. The van der Waals surface area contributed by atoms with Crippen LogP contribution < -0.4 is 32.7 Å². The fourth-order valence-corrected chi connectivity index (χ4v) is 5.75. The number of amidine groups is 1. The van der Waals surface area contributed by atoms with Crippen LogP contribution in [0.3, 0.4) is 0 Å². The van der Waals surface area contributed by atoms with E-state index in [-0.39, 0.29) is 35.3 Å². The number of carbonyl (C=O) groups is 2. The van der Waals surface area contributed by atoms with Gasteiger partial charge in [0.2, 0.25) is 5.88 Å². The summed E-state index contributed by atoms with van der Waals surface area (Å²) in [6.45, 7) is 5.82. The van der Waals surface area contributed by atoms with Crippen LogP contribution in [0.5, 0.6) is 0 Å². The van der Waals surface area contributed by atoms with Crippen LogP contribution in [0.4, 0.5) is 5.69 Å². The molecule has 2 aromatic heterocycles. The zero-order valence-electron chi connectivity index (χ0n) is 23.9. The van der Waals surface area contributed by atoms with Crippen molar-refractivity contribution < 1.29 is 14.4 Å². The van der Waals surface area contributed by atoms with Crippen LogP contribution in [0.1, 0.15) is 61.3 Å². The van der Waals surface area contributed by atoms with Crippen LogP contribution in [-0.4, -0.2) is 37.4 Å². The molecule has 0 saturated heterocycles. The molecule has 7 rings (SSSR count). The summed E-state index contributed by atoms with van der Waals surface area (Å²) in [5.41, 5.74) is 12.4. The molecule has 0 spiro atoms. The number of nitrogens with zero attached hydrogens (tertiary/aromatic N) is 5. The zero-order chi connectivity index (χ0) is 31.4. The molecule has 1 aliphatic heterocycles. The minimum atomic E-state index is -0.733. The van der Waals surface area contributed by atoms with Crippen LogP contribution in [0.2, 0.25) is 0 Å². The van der Waals surface area contributed by atoms with Crippen molar-refractivity contribution in [3.63, 3.8) is 0 Å². The Kier molecular flexibility index (Phi) is 6.46. The summed E-state index contributed by atoms with van der Waals surface area (Å²) in [5, 5.41) is 10.7. The number of benzene rings is 2. The number of fused-ring (bicyclic) bond motifs is 2. The average molecular weight is 604 g/mol. The minimum Gasteiger partial charge on any atom is -0.394 e. The Balaban J connectivity index is 1.03. The number of hydrogen-bond acceptors (Lipinski definition) is 11. The lowest BCUT2D eigenvalue weighted by molar-refractivity contribution is 0.0931. The number of carbonyl (C=O) groups excluding carboxylic acids is 2. The minimum absolute atomic E-state index is 0.0266. The summed E-state index contributed by atoms with van der Waals surface area (Å²) in [4.78, 5) is 67.3. The third kappa shape index (κ3) is 4.68. The molecule has 0 radical (unpaired) electrons. The Hall–Kier alpha value is -6.18. The first-order chi connectivity index (χ1) is 21.7. The van der Waals surface area contributed by atoms with Crippen molar-refractivity contribution in [3.8, 4) is 5.69 Å². The van der Waals surface area contributed by atoms with Crippen LogP contribution in [0.25, 0.3) is 16.6 Å². The van der Waals surface area contributed by atoms with Gasteiger partial charge in [-0.25, -0.2) is 20.1 Å². The number of nitrogens with two attached hydrogens (primary N) is 1. The third-order valence-corrected chi connectivity index (χ3v) is 8.11. The number of anilines is 1. The Morgan fingerprint density at radius 2 is 1.91 bits per heavy atom. The molecular weight excluding hydrogens is 578 g/mol. The van der Waals surface area contributed by atoms with Crippen molar-refractivity contribution >= 4 is 34.2 Å². The van der Waals surface area contributed by atoms with Crippen molar-refractivity contribution in [2.75, 3.05) is 5.73 Å². The molecule has 2 aliphatic rings. The SMILES string of the molecule is C=C1N=C(c2ccc3c(c2C)CC[C@@H]3NC(=O)c2cc(C(=O)NCc3ccc4cnn(-c5c(N)c(=O)c5=O)c4c3)ncn2)NO1. The van der Waals surface area contributed by atoms with Crippen molar-refractivity contribution in [2.45, 2.75) is 32.4 Å². The van der Waals surface area contributed by atoms with E-state index < -0.39 is 22.7 Å². The first-order valence-corrected chi connectivity index (χ1v) is 14.0. The molecule has 3 aromatic carbocycles. The Morgan fingerprint density at radius 1 is 1.11 bits per heavy atom. The fourth-order valence-electron chi connectivity index (χ4n) is 5.75. The highest BCUT2D eigenvalue weighted by molar-refractivity contribution is 6.01. The Labute approximate surface area is 254 Å². The summed E-state index contributed by atoms with van der Waals surface area (Å²) in [7, 11) is 0. The smallest absolute Gasteiger partial charge is 0.270 e. The molecule has 1 aliphatic carbocycles. The van der Waals surface area contributed by atoms with E-state index in [0.29, 0.717) is 29.2 Å². The van der Waals surface area contributed by atoms with Crippen molar-refractivity contribution in [1.29, 1.82) is 0 Å². The predicted molar refractivity (Wildman–Crippen MR) is 163 cm³/mol. The first kappa shape index (κ1) is 27.6. The number of aliphatic imine (C=N–C) groups is 1. The second-order valence-corrected chi connectivity index (χ2v) is 10.8. The Morgan fingerprint density at radius 3 is 2.67 bits per heavy atom. The molecule has 224 valence electrons.